The highest BCUT2D eigenvalue weighted by Crippen LogP contribution is 2.25. The van der Waals surface area contributed by atoms with E-state index in [-0.39, 0.29) is 37.3 Å². The molecule has 1 aliphatic rings. The third-order valence-electron chi connectivity index (χ3n) is 3.38. The first-order chi connectivity index (χ1) is 8.54. The Balaban J connectivity index is 0.00000180. The van der Waals surface area contributed by atoms with Crippen molar-refractivity contribution in [1.29, 1.82) is 0 Å². The van der Waals surface area contributed by atoms with Crippen LogP contribution in [0.1, 0.15) is 18.1 Å². The number of hydrogen-bond donors (Lipinski definition) is 1. The van der Waals surface area contributed by atoms with Crippen LogP contribution in [0, 0.1) is 17.6 Å². The zero-order chi connectivity index (χ0) is 13.3. The van der Waals surface area contributed by atoms with E-state index in [1.165, 1.54) is 0 Å². The minimum Gasteiger partial charge on any atom is -0.338 e. The van der Waals surface area contributed by atoms with E-state index in [2.05, 4.69) is 0 Å². The van der Waals surface area contributed by atoms with Crippen molar-refractivity contribution < 1.29 is 13.6 Å². The highest BCUT2D eigenvalue weighted by Gasteiger charge is 2.27. The predicted octanol–water partition coefficient (Wildman–Crippen LogP) is 1.87. The molecule has 1 heterocycles. The van der Waals surface area contributed by atoms with Gasteiger partial charge in [-0.25, -0.2) is 8.78 Å². The van der Waals surface area contributed by atoms with Crippen molar-refractivity contribution >= 4 is 18.3 Å². The summed E-state index contributed by atoms with van der Waals surface area (Å²) in [5.74, 6) is -1.25. The van der Waals surface area contributed by atoms with E-state index in [1.807, 2.05) is 0 Å². The molecule has 0 bridgehead atoms. The monoisotopic (exact) mass is 290 g/mol. The van der Waals surface area contributed by atoms with Gasteiger partial charge < -0.3 is 10.6 Å². The van der Waals surface area contributed by atoms with Crippen LogP contribution in [-0.2, 0) is 17.8 Å². The second-order valence-corrected chi connectivity index (χ2v) is 4.63. The van der Waals surface area contributed by atoms with Gasteiger partial charge in [-0.15, -0.1) is 12.4 Å². The van der Waals surface area contributed by atoms with Crippen LogP contribution in [0.2, 0.25) is 0 Å². The van der Waals surface area contributed by atoms with Gasteiger partial charge in [-0.2, -0.15) is 0 Å². The third-order valence-corrected chi connectivity index (χ3v) is 3.38. The Kier molecular flexibility index (Phi) is 5.26. The zero-order valence-corrected chi connectivity index (χ0v) is 11.5. The van der Waals surface area contributed by atoms with E-state index in [0.29, 0.717) is 24.1 Å². The van der Waals surface area contributed by atoms with Crippen LogP contribution >= 0.6 is 12.4 Å². The lowest BCUT2D eigenvalue weighted by molar-refractivity contribution is -0.135. The zero-order valence-electron chi connectivity index (χ0n) is 10.7. The Morgan fingerprint density at radius 2 is 1.95 bits per heavy atom. The summed E-state index contributed by atoms with van der Waals surface area (Å²) >= 11 is 0. The van der Waals surface area contributed by atoms with Crippen molar-refractivity contribution in [3.05, 3.63) is 34.9 Å². The minimum atomic E-state index is -0.454. The van der Waals surface area contributed by atoms with E-state index >= 15 is 0 Å². The van der Waals surface area contributed by atoms with Crippen LogP contribution in [0.15, 0.2) is 12.1 Å². The summed E-state index contributed by atoms with van der Waals surface area (Å²) in [4.78, 5) is 13.5. The maximum atomic E-state index is 13.6. The standard InChI is InChI=1S/C13H16F2N2O.ClH/c1-8(6-16)13(18)17-5-4-9-10(7-17)12(15)3-2-11(9)14;/h2-3,8H,4-7,16H2,1H3;1H. The molecule has 3 nitrogen and oxygen atoms in total. The summed E-state index contributed by atoms with van der Waals surface area (Å²) < 4.78 is 27.2. The number of nitrogens with zero attached hydrogens (tertiary/aromatic N) is 1. The maximum absolute atomic E-state index is 13.6. The van der Waals surface area contributed by atoms with Crippen LogP contribution < -0.4 is 5.73 Å². The number of halogens is 3. The summed E-state index contributed by atoms with van der Waals surface area (Å²) in [6, 6.07) is 2.24. The molecule has 19 heavy (non-hydrogen) atoms. The molecule has 1 unspecified atom stereocenters. The van der Waals surface area contributed by atoms with Crippen LogP contribution in [0.5, 0.6) is 0 Å². The Bertz CT molecular complexity index is 482. The SMILES string of the molecule is CC(CN)C(=O)N1CCc2c(F)ccc(F)c2C1.Cl. The van der Waals surface area contributed by atoms with E-state index < -0.39 is 11.6 Å². The fraction of sp³-hybridized carbons (Fsp3) is 0.462. The Morgan fingerprint density at radius 1 is 1.37 bits per heavy atom. The van der Waals surface area contributed by atoms with Gasteiger partial charge in [0.25, 0.3) is 0 Å². The molecular formula is C13H17ClF2N2O. The number of benzene rings is 1. The first kappa shape index (κ1) is 15.9. The molecule has 0 radical (unpaired) electrons. The van der Waals surface area contributed by atoms with Crippen LogP contribution in [0.25, 0.3) is 0 Å². The lowest BCUT2D eigenvalue weighted by atomic mass is 9.97. The lowest BCUT2D eigenvalue weighted by Gasteiger charge is -2.31. The summed E-state index contributed by atoms with van der Waals surface area (Å²) in [5.41, 5.74) is 6.13. The molecule has 0 aromatic heterocycles. The van der Waals surface area contributed by atoms with Crippen molar-refractivity contribution in [1.82, 2.24) is 4.90 Å². The molecule has 0 saturated carbocycles. The van der Waals surface area contributed by atoms with Crippen LogP contribution in [0.4, 0.5) is 8.78 Å². The Morgan fingerprint density at radius 3 is 2.53 bits per heavy atom. The highest BCUT2D eigenvalue weighted by atomic mass is 35.5. The topological polar surface area (TPSA) is 46.3 Å². The fourth-order valence-electron chi connectivity index (χ4n) is 2.19. The van der Waals surface area contributed by atoms with Gasteiger partial charge >= 0.3 is 0 Å². The average Bonchev–Trinajstić information content (AvgIpc) is 2.41. The molecule has 6 heteroatoms. The molecule has 1 atom stereocenters. The molecule has 2 N–H and O–H groups in total. The fourth-order valence-corrected chi connectivity index (χ4v) is 2.19. The molecule has 0 fully saturated rings. The minimum absolute atomic E-state index is 0. The second-order valence-electron chi connectivity index (χ2n) is 4.63. The van der Waals surface area contributed by atoms with Crippen molar-refractivity contribution in [3.8, 4) is 0 Å². The molecular weight excluding hydrogens is 274 g/mol. The first-order valence-electron chi connectivity index (χ1n) is 5.99. The molecule has 106 valence electrons. The third kappa shape index (κ3) is 3.04. The smallest absolute Gasteiger partial charge is 0.226 e. The maximum Gasteiger partial charge on any atom is 0.226 e. The normalized spacial score (nSPS) is 15.5. The molecule has 1 aliphatic heterocycles. The Hall–Kier alpha value is -1.20. The van der Waals surface area contributed by atoms with Gasteiger partial charge in [0, 0.05) is 31.1 Å². The average molecular weight is 291 g/mol. The number of rotatable bonds is 2. The predicted molar refractivity (Wildman–Crippen MR) is 70.9 cm³/mol. The molecule has 0 aliphatic carbocycles. The van der Waals surface area contributed by atoms with E-state index in [9.17, 15) is 13.6 Å². The van der Waals surface area contributed by atoms with E-state index in [1.54, 1.807) is 11.8 Å². The van der Waals surface area contributed by atoms with Gasteiger partial charge in [-0.3, -0.25) is 4.79 Å². The molecule has 2 rings (SSSR count). The summed E-state index contributed by atoms with van der Waals surface area (Å²) in [7, 11) is 0. The molecule has 0 saturated heterocycles. The first-order valence-corrected chi connectivity index (χ1v) is 5.99. The number of nitrogens with two attached hydrogens (primary N) is 1. The van der Waals surface area contributed by atoms with Gasteiger partial charge in [-0.1, -0.05) is 6.92 Å². The quantitative estimate of drug-likeness (QED) is 0.904. The van der Waals surface area contributed by atoms with Crippen molar-refractivity contribution in [2.24, 2.45) is 11.7 Å². The van der Waals surface area contributed by atoms with E-state index in [0.717, 1.165) is 12.1 Å². The van der Waals surface area contributed by atoms with Gasteiger partial charge in [0.1, 0.15) is 11.6 Å². The largest absolute Gasteiger partial charge is 0.338 e. The number of carbonyl (C=O) groups is 1. The number of hydrogen-bond acceptors (Lipinski definition) is 2. The molecule has 0 spiro atoms. The van der Waals surface area contributed by atoms with Crippen molar-refractivity contribution in [2.45, 2.75) is 19.9 Å². The molecule has 1 aromatic carbocycles. The Labute approximate surface area is 117 Å². The molecule has 1 aromatic rings. The highest BCUT2D eigenvalue weighted by molar-refractivity contribution is 5.85. The van der Waals surface area contributed by atoms with Gasteiger partial charge in [-0.05, 0) is 24.1 Å². The number of amides is 1. The summed E-state index contributed by atoms with van der Waals surface area (Å²) in [6.45, 7) is 2.53. The van der Waals surface area contributed by atoms with Crippen molar-refractivity contribution in [2.75, 3.05) is 13.1 Å². The van der Waals surface area contributed by atoms with Crippen LogP contribution in [-0.4, -0.2) is 23.9 Å². The van der Waals surface area contributed by atoms with Gasteiger partial charge in [0.2, 0.25) is 5.91 Å². The van der Waals surface area contributed by atoms with Crippen LogP contribution in [0.3, 0.4) is 0 Å². The summed E-state index contributed by atoms with van der Waals surface area (Å²) in [5, 5.41) is 0. The number of fused-ring (bicyclic) bond motifs is 1. The van der Waals surface area contributed by atoms with Gasteiger partial charge in [0.05, 0.1) is 0 Å². The summed E-state index contributed by atoms with van der Waals surface area (Å²) in [6.07, 6.45) is 0.349. The number of carbonyl (C=O) groups excluding carboxylic acids is 1. The van der Waals surface area contributed by atoms with Crippen molar-refractivity contribution in [3.63, 3.8) is 0 Å². The van der Waals surface area contributed by atoms with E-state index in [4.69, 9.17) is 5.73 Å². The molecule has 1 amide bonds. The van der Waals surface area contributed by atoms with Gasteiger partial charge in [0.15, 0.2) is 0 Å². The second kappa shape index (κ2) is 6.30. The lowest BCUT2D eigenvalue weighted by Crippen LogP contribution is -2.41.